The van der Waals surface area contributed by atoms with Crippen molar-refractivity contribution in [1.29, 1.82) is 0 Å². The Morgan fingerprint density at radius 1 is 0.860 bits per heavy atom. The number of carbonyl (C=O) groups is 2. The standard InChI is InChI=1S/C32H31N5O6/c1-23-8-5-6-11-25(23)20-33-15-7-12-28(33)21-34(19-24-9-3-2-4-10-24)31(38)22-35(27-13-14-27)32(39)26-16-29(36(40)41)18-30(17-26)37(42)43/h2-12,15-18,27H,13-14,19-22H2,1H3. The number of rotatable bonds is 12. The van der Waals surface area contributed by atoms with Gasteiger partial charge in [0, 0.05) is 43.2 Å². The average molecular weight is 582 g/mol. The second-order valence-electron chi connectivity index (χ2n) is 10.7. The third kappa shape index (κ3) is 7.13. The summed E-state index contributed by atoms with van der Waals surface area (Å²) < 4.78 is 2.10. The maximum atomic E-state index is 13.9. The molecule has 43 heavy (non-hydrogen) atoms. The number of amides is 2. The predicted molar refractivity (Wildman–Crippen MR) is 159 cm³/mol. The van der Waals surface area contributed by atoms with E-state index >= 15 is 0 Å². The molecular weight excluding hydrogens is 550 g/mol. The molecule has 0 unspecified atom stereocenters. The van der Waals surface area contributed by atoms with Crippen molar-refractivity contribution < 1.29 is 19.4 Å². The van der Waals surface area contributed by atoms with Crippen molar-refractivity contribution in [2.24, 2.45) is 0 Å². The molecule has 1 fully saturated rings. The van der Waals surface area contributed by atoms with Crippen molar-refractivity contribution in [2.75, 3.05) is 6.54 Å². The van der Waals surface area contributed by atoms with Crippen LogP contribution in [-0.2, 0) is 24.4 Å². The monoisotopic (exact) mass is 581 g/mol. The van der Waals surface area contributed by atoms with Gasteiger partial charge in [0.1, 0.15) is 6.54 Å². The molecule has 0 atom stereocenters. The molecule has 4 aromatic rings. The first-order valence-corrected chi connectivity index (χ1v) is 13.9. The van der Waals surface area contributed by atoms with Crippen LogP contribution in [0.1, 0.15) is 45.6 Å². The van der Waals surface area contributed by atoms with Crippen molar-refractivity contribution in [3.05, 3.63) is 139 Å². The van der Waals surface area contributed by atoms with Crippen LogP contribution in [0.3, 0.4) is 0 Å². The summed E-state index contributed by atoms with van der Waals surface area (Å²) in [6, 6.07) is 24.2. The number of nitro groups is 2. The molecule has 5 rings (SSSR count). The summed E-state index contributed by atoms with van der Waals surface area (Å²) in [7, 11) is 0. The molecule has 11 heteroatoms. The van der Waals surface area contributed by atoms with E-state index in [0.29, 0.717) is 32.5 Å². The van der Waals surface area contributed by atoms with E-state index in [1.54, 1.807) is 4.90 Å². The van der Waals surface area contributed by atoms with Gasteiger partial charge in [-0.05, 0) is 48.6 Å². The van der Waals surface area contributed by atoms with Crippen LogP contribution in [0, 0.1) is 27.2 Å². The Balaban J connectivity index is 1.41. The van der Waals surface area contributed by atoms with E-state index in [0.717, 1.165) is 35.0 Å². The lowest BCUT2D eigenvalue weighted by molar-refractivity contribution is -0.394. The third-order valence-corrected chi connectivity index (χ3v) is 7.57. The molecule has 1 aromatic heterocycles. The maximum absolute atomic E-state index is 13.9. The molecule has 2 amide bonds. The molecule has 0 N–H and O–H groups in total. The number of carbonyl (C=O) groups excluding carboxylic acids is 2. The number of non-ortho nitro benzene ring substituents is 2. The molecule has 1 heterocycles. The van der Waals surface area contributed by atoms with Gasteiger partial charge in [-0.25, -0.2) is 0 Å². The summed E-state index contributed by atoms with van der Waals surface area (Å²) in [5.74, 6) is -0.946. The normalized spacial score (nSPS) is 12.5. The Bertz CT molecular complexity index is 1630. The van der Waals surface area contributed by atoms with Crippen molar-refractivity contribution in [1.82, 2.24) is 14.4 Å². The van der Waals surface area contributed by atoms with Crippen LogP contribution >= 0.6 is 0 Å². The minimum atomic E-state index is -0.774. The van der Waals surface area contributed by atoms with Crippen molar-refractivity contribution in [3.63, 3.8) is 0 Å². The second kappa shape index (κ2) is 12.7. The van der Waals surface area contributed by atoms with E-state index in [9.17, 15) is 29.8 Å². The van der Waals surface area contributed by atoms with Crippen LogP contribution in [0.25, 0.3) is 0 Å². The molecule has 0 saturated heterocycles. The molecule has 0 spiro atoms. The fourth-order valence-electron chi connectivity index (χ4n) is 5.04. The summed E-state index contributed by atoms with van der Waals surface area (Å²) in [5, 5.41) is 22.8. The number of aryl methyl sites for hydroxylation is 1. The Kier molecular flexibility index (Phi) is 8.61. The summed E-state index contributed by atoms with van der Waals surface area (Å²) >= 11 is 0. The van der Waals surface area contributed by atoms with Gasteiger partial charge in [0.25, 0.3) is 17.3 Å². The van der Waals surface area contributed by atoms with Gasteiger partial charge < -0.3 is 14.4 Å². The molecule has 1 aliphatic carbocycles. The molecule has 11 nitrogen and oxygen atoms in total. The van der Waals surface area contributed by atoms with Gasteiger partial charge >= 0.3 is 0 Å². The number of hydrogen-bond donors (Lipinski definition) is 0. The second-order valence-corrected chi connectivity index (χ2v) is 10.7. The van der Waals surface area contributed by atoms with Gasteiger partial charge in [0.2, 0.25) is 5.91 Å². The van der Waals surface area contributed by atoms with Gasteiger partial charge in [-0.2, -0.15) is 0 Å². The Labute approximate surface area is 248 Å². The highest BCUT2D eigenvalue weighted by molar-refractivity contribution is 5.98. The Hall–Kier alpha value is -5.32. The fraction of sp³-hybridized carbons (Fsp3) is 0.250. The Morgan fingerprint density at radius 2 is 1.51 bits per heavy atom. The largest absolute Gasteiger partial charge is 0.345 e. The topological polar surface area (TPSA) is 132 Å². The van der Waals surface area contributed by atoms with E-state index in [2.05, 4.69) is 23.6 Å². The van der Waals surface area contributed by atoms with Crippen LogP contribution in [0.2, 0.25) is 0 Å². The number of hydrogen-bond acceptors (Lipinski definition) is 6. The van der Waals surface area contributed by atoms with Gasteiger partial charge in [-0.1, -0.05) is 54.6 Å². The summed E-state index contributed by atoms with van der Waals surface area (Å²) in [6.45, 7) is 3.04. The van der Waals surface area contributed by atoms with Gasteiger partial charge in [-0.15, -0.1) is 0 Å². The van der Waals surface area contributed by atoms with Crippen LogP contribution in [0.5, 0.6) is 0 Å². The number of nitro benzene ring substituents is 2. The molecular formula is C32H31N5O6. The zero-order valence-corrected chi connectivity index (χ0v) is 23.7. The lowest BCUT2D eigenvalue weighted by atomic mass is 10.1. The summed E-state index contributed by atoms with van der Waals surface area (Å²) in [5.41, 5.74) is 2.87. The number of nitrogens with zero attached hydrogens (tertiary/aromatic N) is 5. The lowest BCUT2D eigenvalue weighted by Gasteiger charge is -2.28. The van der Waals surface area contributed by atoms with E-state index in [1.165, 1.54) is 10.5 Å². The van der Waals surface area contributed by atoms with Gasteiger partial charge in [-0.3, -0.25) is 29.8 Å². The molecule has 1 aliphatic rings. The first-order chi connectivity index (χ1) is 20.7. The van der Waals surface area contributed by atoms with E-state index < -0.39 is 27.1 Å². The quantitative estimate of drug-likeness (QED) is 0.160. The lowest BCUT2D eigenvalue weighted by Crippen LogP contribution is -2.43. The van der Waals surface area contributed by atoms with Crippen molar-refractivity contribution in [2.45, 2.75) is 45.4 Å². The van der Waals surface area contributed by atoms with E-state index in [-0.39, 0.29) is 24.1 Å². The van der Waals surface area contributed by atoms with Crippen LogP contribution in [-0.4, -0.2) is 48.6 Å². The van der Waals surface area contributed by atoms with Crippen molar-refractivity contribution in [3.8, 4) is 0 Å². The molecule has 0 aliphatic heterocycles. The minimum absolute atomic E-state index is 0.192. The fourth-order valence-corrected chi connectivity index (χ4v) is 5.04. The van der Waals surface area contributed by atoms with E-state index in [4.69, 9.17) is 0 Å². The SMILES string of the molecule is Cc1ccccc1Cn1cccc1CN(Cc1ccccc1)C(=O)CN(C(=O)c1cc([N+](=O)[O-])cc([N+](=O)[O-])c1)C1CC1. The Morgan fingerprint density at radius 3 is 2.14 bits per heavy atom. The molecule has 3 aromatic carbocycles. The van der Waals surface area contributed by atoms with Crippen LogP contribution in [0.15, 0.2) is 91.1 Å². The van der Waals surface area contributed by atoms with E-state index in [1.807, 2.05) is 60.8 Å². The van der Waals surface area contributed by atoms with Crippen LogP contribution < -0.4 is 0 Å². The van der Waals surface area contributed by atoms with Crippen LogP contribution in [0.4, 0.5) is 11.4 Å². The smallest absolute Gasteiger partial charge is 0.277 e. The zero-order chi connectivity index (χ0) is 30.5. The third-order valence-electron chi connectivity index (χ3n) is 7.57. The highest BCUT2D eigenvalue weighted by Crippen LogP contribution is 2.31. The zero-order valence-electron chi connectivity index (χ0n) is 23.7. The number of benzene rings is 3. The minimum Gasteiger partial charge on any atom is -0.345 e. The van der Waals surface area contributed by atoms with Gasteiger partial charge in [0.05, 0.1) is 28.0 Å². The predicted octanol–water partition coefficient (Wildman–Crippen LogP) is 5.49. The maximum Gasteiger partial charge on any atom is 0.277 e. The molecule has 1 saturated carbocycles. The molecule has 0 bridgehead atoms. The first-order valence-electron chi connectivity index (χ1n) is 13.9. The molecule has 0 radical (unpaired) electrons. The highest BCUT2D eigenvalue weighted by Gasteiger charge is 2.36. The summed E-state index contributed by atoms with van der Waals surface area (Å²) in [4.78, 5) is 51.9. The highest BCUT2D eigenvalue weighted by atomic mass is 16.6. The van der Waals surface area contributed by atoms with Gasteiger partial charge in [0.15, 0.2) is 0 Å². The first kappa shape index (κ1) is 29.2. The molecule has 220 valence electrons. The summed E-state index contributed by atoms with van der Waals surface area (Å²) in [6.07, 6.45) is 3.32. The number of aromatic nitrogens is 1. The van der Waals surface area contributed by atoms with Crippen molar-refractivity contribution >= 4 is 23.2 Å². The average Bonchev–Trinajstić information content (AvgIpc) is 3.76.